The van der Waals surface area contributed by atoms with E-state index in [0.717, 1.165) is 76.4 Å². The van der Waals surface area contributed by atoms with E-state index in [1.165, 1.54) is 134 Å². The molecule has 0 radical (unpaired) electrons. The molecule has 0 amide bonds. The fraction of sp³-hybridized carbons (Fsp3) is 0.613. The van der Waals surface area contributed by atoms with Crippen LogP contribution < -0.4 is 24.4 Å². The Hall–Kier alpha value is -6.45. The monoisotopic (exact) mass is 1820 g/mol. The Morgan fingerprint density at radius 3 is 1.13 bits per heavy atom. The molecule has 0 fully saturated rings. The second-order valence-electron chi connectivity index (χ2n) is 46.1. The fourth-order valence-corrected chi connectivity index (χ4v) is 27.4. The lowest BCUT2D eigenvalue weighted by atomic mass is 9.76. The first-order valence-corrected chi connectivity index (χ1v) is 60.9. The van der Waals surface area contributed by atoms with Crippen molar-refractivity contribution in [2.45, 2.75) is 436 Å². The van der Waals surface area contributed by atoms with Gasteiger partial charge in [0.25, 0.3) is 0 Å². The molecule has 0 saturated heterocycles. The van der Waals surface area contributed by atoms with Crippen LogP contribution in [0, 0.1) is 17.8 Å². The first-order chi connectivity index (χ1) is 60.7. The van der Waals surface area contributed by atoms with E-state index in [-0.39, 0.29) is 0 Å². The van der Waals surface area contributed by atoms with Crippen molar-refractivity contribution in [3.63, 3.8) is 0 Å². The van der Waals surface area contributed by atoms with Gasteiger partial charge in [-0.1, -0.05) is 310 Å². The molecule has 16 rings (SSSR count). The summed E-state index contributed by atoms with van der Waals surface area (Å²) in [6.45, 7) is 100. The summed E-state index contributed by atoms with van der Waals surface area (Å²) in [4.78, 5) is 16.2. The summed E-state index contributed by atoms with van der Waals surface area (Å²) in [5, 5.41) is 3.39. The first kappa shape index (κ1) is 112. The molecule has 0 unspecified atom stereocenters. The molecule has 130 heavy (non-hydrogen) atoms. The highest BCUT2D eigenvalue weighted by Crippen LogP contribution is 2.45. The van der Waals surface area contributed by atoms with Gasteiger partial charge < -0.3 is 18.5 Å². The molecule has 9 heterocycles. The van der Waals surface area contributed by atoms with Crippen molar-refractivity contribution in [3.05, 3.63) is 239 Å². The standard InChI is InChI=1S/C16H26Si.2C15H24OSi.C14H20O.C14H20.C12H17N.C11H16N2.C10H14N2.3C4H10/c1-11(2)13-7-8-14(12(3)4)16-15(13)9-10-17(16,5)6;1-10(2)12-7-8-13(11(3)4)15-14(12)9-17(5,6)16-15;1-10(2)12-7-8-13(11(3)4)15-14(12)9-16-17(15,5)6;1-9(2)11-5-6-12(10(3)4)14-13(11)7-8-15-14;1-9(2)11-5-6-12(10(3)4)14-8-7-13(11)14;1-10(2)13-8-7-11-5-3-4-6-12(11)9-13;1-9(2)13-7-5-11-10(8-13)4-3-6-12-11;1-8(2)12-7-5-9-10(12)4-3-6-11-9;3*1-4(2)3/h7-8,11-12H,9-10H2,1-6H3;2*7-8,10-11H,9H2,1-6H3;5-6,9-10H,7-8H2,1-4H3;5-6,9-10H,7-8H2,1-4H3;3-6,10H,7-9H2,1-2H3;3-4,6,9H,5,7-8H2,1-2H3;3-4,6,8H,5,7H2,1-2H3;3*4H,1-3H3. The fourth-order valence-electron chi connectivity index (χ4n) is 19.3. The zero-order chi connectivity index (χ0) is 97.5. The van der Waals surface area contributed by atoms with E-state index in [2.05, 4.69) is 403 Å². The Bertz CT molecular complexity index is 4500. The topological polar surface area (TPSA) is 63.2 Å². The van der Waals surface area contributed by atoms with Crippen molar-refractivity contribution in [3.8, 4) is 11.5 Å². The van der Waals surface area contributed by atoms with Crippen LogP contribution in [-0.2, 0) is 75.1 Å². The van der Waals surface area contributed by atoms with Crippen LogP contribution >= 0.6 is 0 Å². The highest BCUT2D eigenvalue weighted by atomic mass is 28.4. The lowest BCUT2D eigenvalue weighted by Gasteiger charge is -2.31. The minimum Gasteiger partial charge on any atom is -0.543 e. The van der Waals surface area contributed by atoms with Crippen LogP contribution in [0.2, 0.25) is 45.3 Å². The van der Waals surface area contributed by atoms with Crippen LogP contribution in [-0.4, -0.2) is 88.8 Å². The highest BCUT2D eigenvalue weighted by molar-refractivity contribution is 6.91. The van der Waals surface area contributed by atoms with E-state index in [1.807, 2.05) is 24.5 Å². The third-order valence-corrected chi connectivity index (χ3v) is 34.3. The van der Waals surface area contributed by atoms with E-state index < -0.39 is 24.7 Å². The predicted octanol–water partition coefficient (Wildman–Crippen LogP) is 31.9. The maximum atomic E-state index is 6.32. The minimum atomic E-state index is -1.65. The van der Waals surface area contributed by atoms with Crippen molar-refractivity contribution in [2.75, 3.05) is 31.1 Å². The van der Waals surface area contributed by atoms with Crippen LogP contribution in [0.1, 0.15) is 419 Å². The molecule has 722 valence electrons. The van der Waals surface area contributed by atoms with Crippen molar-refractivity contribution in [1.82, 2.24) is 19.8 Å². The van der Waals surface area contributed by atoms with E-state index in [1.54, 1.807) is 54.9 Å². The van der Waals surface area contributed by atoms with Gasteiger partial charge in [0.1, 0.15) is 11.5 Å². The SMILES string of the molecule is CC(C)C.CC(C)C.CC(C)C.CC(C)N1CCc2ccccc2C1.CC(C)N1CCc2ncccc21.CC(C)N1CCc2ncccc2C1.CC(C)c1ccc(C(C)C)c2c1CC2.CC(C)c1ccc(C(C)C)c2c1CCO2.CC(C)c1ccc(C(C)C)c2c1CC[Si]2(C)C.CC(C)c1ccc(C(C)C)c2c1CO[Si]2(C)C.CC(C)c1ccc(C(C)C)c2c1C[Si](C)(C)O2. The number of hydrogen-bond donors (Lipinski definition) is 0. The number of ether oxygens (including phenoxy) is 1. The lowest BCUT2D eigenvalue weighted by molar-refractivity contribution is 0.202. The number of anilines is 1. The van der Waals surface area contributed by atoms with E-state index in [0.29, 0.717) is 77.3 Å². The molecule has 1 aliphatic carbocycles. The van der Waals surface area contributed by atoms with Gasteiger partial charge >= 0.3 is 0 Å². The Kier molecular flexibility index (Phi) is 44.5. The average molecular weight is 1820 g/mol. The Balaban J connectivity index is 0.000000225. The van der Waals surface area contributed by atoms with Gasteiger partial charge in [0, 0.05) is 99.8 Å². The summed E-state index contributed by atoms with van der Waals surface area (Å²) >= 11 is 0. The molecule has 2 aromatic heterocycles. The summed E-state index contributed by atoms with van der Waals surface area (Å²) in [6.07, 6.45) is 12.2. The minimum absolute atomic E-state index is 0.549. The van der Waals surface area contributed by atoms with E-state index in [4.69, 9.17) is 13.6 Å². The number of nitrogens with zero attached hydrogens (tertiary/aromatic N) is 5. The molecule has 7 aliphatic heterocycles. The molecular weight excluding hydrogens is 1630 g/mol. The summed E-state index contributed by atoms with van der Waals surface area (Å²) < 4.78 is 18.2. The second kappa shape index (κ2) is 51.5. The zero-order valence-corrected chi connectivity index (χ0v) is 94.1. The highest BCUT2D eigenvalue weighted by Gasteiger charge is 2.41. The van der Waals surface area contributed by atoms with E-state index >= 15 is 0 Å². The van der Waals surface area contributed by atoms with Crippen LogP contribution in [0.25, 0.3) is 0 Å². The van der Waals surface area contributed by atoms with Crippen molar-refractivity contribution in [2.24, 2.45) is 17.8 Å². The average Bonchev–Trinajstić information content (AvgIpc) is 1.67. The van der Waals surface area contributed by atoms with Crippen LogP contribution in [0.3, 0.4) is 0 Å². The quantitative estimate of drug-likeness (QED) is 0.106. The van der Waals surface area contributed by atoms with Gasteiger partial charge in [-0.15, -0.1) is 0 Å². The number of aromatic nitrogens is 2. The number of fused-ring (bicyclic) bond motifs is 8. The third kappa shape index (κ3) is 31.8. The number of hydrogen-bond acceptors (Lipinski definition) is 8. The summed E-state index contributed by atoms with van der Waals surface area (Å²) in [5.41, 5.74) is 33.0. The number of rotatable bonds is 13. The molecule has 8 nitrogen and oxygen atoms in total. The number of pyridine rings is 2. The molecule has 0 saturated carbocycles. The predicted molar refractivity (Wildman–Crippen MR) is 580 cm³/mol. The van der Waals surface area contributed by atoms with Gasteiger partial charge in [-0.05, 0) is 300 Å². The van der Waals surface area contributed by atoms with E-state index in [9.17, 15) is 0 Å². The second-order valence-corrected chi connectivity index (χ2v) is 58.7. The smallest absolute Gasteiger partial charge is 0.249 e. The van der Waals surface area contributed by atoms with Gasteiger partial charge in [-0.25, -0.2) is 0 Å². The molecule has 0 spiro atoms. The normalized spacial score (nSPS) is 15.9. The van der Waals surface area contributed by atoms with Gasteiger partial charge in [-0.3, -0.25) is 19.8 Å². The largest absolute Gasteiger partial charge is 0.543 e. The Morgan fingerprint density at radius 2 is 0.677 bits per heavy atom. The first-order valence-electron chi connectivity index (χ1n) is 51.7. The van der Waals surface area contributed by atoms with Gasteiger partial charge in [0.05, 0.1) is 32.7 Å². The van der Waals surface area contributed by atoms with Crippen LogP contribution in [0.5, 0.6) is 11.5 Å². The maximum absolute atomic E-state index is 6.32. The van der Waals surface area contributed by atoms with Crippen molar-refractivity contribution < 1.29 is 13.6 Å². The molecule has 0 N–H and O–H groups in total. The number of benzene rings is 6. The maximum Gasteiger partial charge on any atom is 0.249 e. The Morgan fingerprint density at radius 1 is 0.308 bits per heavy atom. The van der Waals surface area contributed by atoms with Crippen molar-refractivity contribution >= 4 is 40.8 Å². The zero-order valence-electron chi connectivity index (χ0n) is 91.1. The third-order valence-electron chi connectivity index (χ3n) is 26.2. The summed E-state index contributed by atoms with van der Waals surface area (Å²) in [5.74, 6) is 11.1. The van der Waals surface area contributed by atoms with Gasteiger partial charge in [-0.2, -0.15) is 0 Å². The molecule has 8 aliphatic rings. The molecule has 0 bridgehead atoms. The summed E-state index contributed by atoms with van der Waals surface area (Å²) in [7, 11) is -4.29. The van der Waals surface area contributed by atoms with Gasteiger partial charge in [0.2, 0.25) is 16.6 Å². The molecule has 8 aromatic rings. The molecule has 11 heteroatoms. The summed E-state index contributed by atoms with van der Waals surface area (Å²) in [6, 6.07) is 45.0. The molecular formula is C119H191N5O3Si3. The van der Waals surface area contributed by atoms with Gasteiger partial charge in [0.15, 0.2) is 0 Å². The Labute approximate surface area is 803 Å². The van der Waals surface area contributed by atoms with Crippen LogP contribution in [0.15, 0.2) is 122 Å². The van der Waals surface area contributed by atoms with Crippen molar-refractivity contribution in [1.29, 1.82) is 0 Å². The molecule has 0 atom stereocenters. The molecule has 6 aromatic carbocycles. The lowest BCUT2D eigenvalue weighted by Crippen LogP contribution is -2.42. The van der Waals surface area contributed by atoms with Crippen LogP contribution in [0.4, 0.5) is 5.69 Å².